The average Bonchev–Trinajstić information content (AvgIpc) is 2.36. The van der Waals surface area contributed by atoms with Crippen molar-refractivity contribution in [2.45, 2.75) is 26.3 Å². The van der Waals surface area contributed by atoms with Gasteiger partial charge in [0.25, 0.3) is 0 Å². The van der Waals surface area contributed by atoms with E-state index in [1.165, 1.54) is 0 Å². The molecule has 1 fully saturated rings. The van der Waals surface area contributed by atoms with Crippen LogP contribution in [0.15, 0.2) is 0 Å². The van der Waals surface area contributed by atoms with Gasteiger partial charge in [-0.15, -0.1) is 0 Å². The van der Waals surface area contributed by atoms with Crippen molar-refractivity contribution < 1.29 is 14.7 Å². The highest BCUT2D eigenvalue weighted by Gasteiger charge is 2.25. The Morgan fingerprint density at radius 2 is 1.89 bits per heavy atom. The third-order valence-corrected chi connectivity index (χ3v) is 3.25. The van der Waals surface area contributed by atoms with Crippen molar-refractivity contribution in [1.82, 2.24) is 15.1 Å². The number of nitrogens with zero attached hydrogens (tertiary/aromatic N) is 2. The Morgan fingerprint density at radius 1 is 1.28 bits per heavy atom. The van der Waals surface area contributed by atoms with Gasteiger partial charge in [-0.1, -0.05) is 6.92 Å². The van der Waals surface area contributed by atoms with Crippen molar-refractivity contribution in [3.8, 4) is 0 Å². The molecule has 1 saturated heterocycles. The van der Waals surface area contributed by atoms with Gasteiger partial charge in [0.1, 0.15) is 6.04 Å². The van der Waals surface area contributed by atoms with E-state index in [0.29, 0.717) is 19.6 Å². The molecule has 0 saturated carbocycles. The van der Waals surface area contributed by atoms with E-state index in [1.54, 1.807) is 6.92 Å². The molecule has 0 bridgehead atoms. The van der Waals surface area contributed by atoms with Gasteiger partial charge in [0.15, 0.2) is 0 Å². The monoisotopic (exact) mass is 257 g/mol. The largest absolute Gasteiger partial charge is 0.480 e. The molecule has 6 heteroatoms. The van der Waals surface area contributed by atoms with E-state index in [1.807, 2.05) is 11.8 Å². The van der Waals surface area contributed by atoms with Gasteiger partial charge in [-0.3, -0.25) is 19.4 Å². The maximum absolute atomic E-state index is 11.5. The second-order valence-corrected chi connectivity index (χ2v) is 4.68. The molecule has 0 aliphatic carbocycles. The summed E-state index contributed by atoms with van der Waals surface area (Å²) in [5.41, 5.74) is 0. The molecule has 6 nitrogen and oxygen atoms in total. The Hall–Kier alpha value is -1.14. The molecule has 104 valence electrons. The summed E-state index contributed by atoms with van der Waals surface area (Å²) in [4.78, 5) is 26.4. The second kappa shape index (κ2) is 7.33. The van der Waals surface area contributed by atoms with E-state index in [-0.39, 0.29) is 5.91 Å². The smallest absolute Gasteiger partial charge is 0.320 e. The van der Waals surface area contributed by atoms with E-state index < -0.39 is 12.0 Å². The number of aliphatic carboxylic acids is 1. The Balaban J connectivity index is 2.27. The normalized spacial score (nSPS) is 19.4. The first-order chi connectivity index (χ1) is 8.54. The van der Waals surface area contributed by atoms with Gasteiger partial charge in [-0.05, 0) is 13.3 Å². The van der Waals surface area contributed by atoms with Crippen LogP contribution in [0.5, 0.6) is 0 Å². The highest BCUT2D eigenvalue weighted by molar-refractivity contribution is 5.78. The minimum Gasteiger partial charge on any atom is -0.480 e. The zero-order valence-corrected chi connectivity index (χ0v) is 11.2. The van der Waals surface area contributed by atoms with E-state index >= 15 is 0 Å². The van der Waals surface area contributed by atoms with Crippen molar-refractivity contribution in [3.63, 3.8) is 0 Å². The third kappa shape index (κ3) is 4.62. The fourth-order valence-corrected chi connectivity index (χ4v) is 1.99. The van der Waals surface area contributed by atoms with Crippen molar-refractivity contribution in [2.75, 3.05) is 39.3 Å². The van der Waals surface area contributed by atoms with Gasteiger partial charge in [0, 0.05) is 32.7 Å². The molecule has 1 aliphatic heterocycles. The number of hydrogen-bond acceptors (Lipinski definition) is 4. The van der Waals surface area contributed by atoms with Crippen LogP contribution in [0.2, 0.25) is 0 Å². The molecule has 0 spiro atoms. The lowest BCUT2D eigenvalue weighted by atomic mass is 10.2. The summed E-state index contributed by atoms with van der Waals surface area (Å²) in [6, 6.07) is -0.443. The minimum atomic E-state index is -0.788. The van der Waals surface area contributed by atoms with Crippen molar-refractivity contribution in [3.05, 3.63) is 0 Å². The number of nitrogens with one attached hydrogen (secondary N) is 1. The van der Waals surface area contributed by atoms with Crippen LogP contribution >= 0.6 is 0 Å². The van der Waals surface area contributed by atoms with Crippen LogP contribution in [0, 0.1) is 0 Å². The van der Waals surface area contributed by atoms with E-state index in [0.717, 1.165) is 26.1 Å². The van der Waals surface area contributed by atoms with Gasteiger partial charge >= 0.3 is 5.97 Å². The molecule has 0 aromatic heterocycles. The zero-order valence-electron chi connectivity index (χ0n) is 11.2. The Morgan fingerprint density at radius 3 is 2.39 bits per heavy atom. The van der Waals surface area contributed by atoms with Crippen molar-refractivity contribution >= 4 is 11.9 Å². The number of carbonyl (C=O) groups excluding carboxylic acids is 1. The molecule has 0 aromatic rings. The molecule has 1 rings (SSSR count). The summed E-state index contributed by atoms with van der Waals surface area (Å²) < 4.78 is 0. The van der Waals surface area contributed by atoms with Crippen LogP contribution < -0.4 is 5.32 Å². The van der Waals surface area contributed by atoms with E-state index in [2.05, 4.69) is 10.2 Å². The lowest BCUT2D eigenvalue weighted by Crippen LogP contribution is -2.53. The molecule has 1 unspecified atom stereocenters. The standard InChI is InChI=1S/C12H23N3O3/c1-3-4-13-11(16)9-14-5-7-15(8-6-14)10(2)12(17)18/h10H,3-9H2,1-2H3,(H,13,16)(H,17,18). The lowest BCUT2D eigenvalue weighted by molar-refractivity contribution is -0.143. The zero-order chi connectivity index (χ0) is 13.5. The van der Waals surface area contributed by atoms with Gasteiger partial charge in [-0.2, -0.15) is 0 Å². The molecular weight excluding hydrogens is 234 g/mol. The summed E-state index contributed by atoms with van der Waals surface area (Å²) in [7, 11) is 0. The lowest BCUT2D eigenvalue weighted by Gasteiger charge is -2.36. The number of carboxylic acid groups (broad SMARTS) is 1. The summed E-state index contributed by atoms with van der Waals surface area (Å²) in [5.74, 6) is -0.735. The van der Waals surface area contributed by atoms with Crippen LogP contribution in [-0.2, 0) is 9.59 Å². The predicted molar refractivity (Wildman–Crippen MR) is 68.4 cm³/mol. The van der Waals surface area contributed by atoms with Gasteiger partial charge in [0.2, 0.25) is 5.91 Å². The molecule has 2 N–H and O–H groups in total. The first-order valence-corrected chi connectivity index (χ1v) is 6.50. The topological polar surface area (TPSA) is 72.9 Å². The number of hydrogen-bond donors (Lipinski definition) is 2. The highest BCUT2D eigenvalue weighted by Crippen LogP contribution is 2.06. The third-order valence-electron chi connectivity index (χ3n) is 3.25. The predicted octanol–water partition coefficient (Wildman–Crippen LogP) is -0.397. The summed E-state index contributed by atoms with van der Waals surface area (Å²) in [5, 5.41) is 11.8. The molecule has 0 radical (unpaired) electrons. The molecule has 1 aliphatic rings. The maximum Gasteiger partial charge on any atom is 0.320 e. The molecule has 0 aromatic carbocycles. The van der Waals surface area contributed by atoms with Crippen molar-refractivity contribution in [2.24, 2.45) is 0 Å². The second-order valence-electron chi connectivity index (χ2n) is 4.68. The number of rotatable bonds is 6. The van der Waals surface area contributed by atoms with Gasteiger partial charge in [-0.25, -0.2) is 0 Å². The first-order valence-electron chi connectivity index (χ1n) is 6.50. The fraction of sp³-hybridized carbons (Fsp3) is 0.833. The Kier molecular flexibility index (Phi) is 6.07. The van der Waals surface area contributed by atoms with Crippen LogP contribution in [-0.4, -0.2) is 72.1 Å². The SMILES string of the molecule is CCCNC(=O)CN1CCN(C(C)C(=O)O)CC1. The van der Waals surface area contributed by atoms with E-state index in [9.17, 15) is 9.59 Å². The Labute approximate surface area is 108 Å². The summed E-state index contributed by atoms with van der Waals surface area (Å²) in [6.07, 6.45) is 0.940. The molecule has 1 amide bonds. The number of carboxylic acids is 1. The highest BCUT2D eigenvalue weighted by atomic mass is 16.4. The van der Waals surface area contributed by atoms with Crippen LogP contribution in [0.1, 0.15) is 20.3 Å². The van der Waals surface area contributed by atoms with Crippen LogP contribution in [0.25, 0.3) is 0 Å². The minimum absolute atomic E-state index is 0.0524. The molecular formula is C12H23N3O3. The quantitative estimate of drug-likeness (QED) is 0.677. The molecule has 18 heavy (non-hydrogen) atoms. The number of carbonyl (C=O) groups is 2. The van der Waals surface area contributed by atoms with Gasteiger partial charge in [0.05, 0.1) is 6.54 Å². The van der Waals surface area contributed by atoms with Gasteiger partial charge < -0.3 is 10.4 Å². The summed E-state index contributed by atoms with van der Waals surface area (Å²) >= 11 is 0. The first kappa shape index (κ1) is 14.9. The van der Waals surface area contributed by atoms with Crippen LogP contribution in [0.4, 0.5) is 0 Å². The number of amides is 1. The molecule has 1 atom stereocenters. The number of piperazine rings is 1. The Bertz CT molecular complexity index is 288. The molecule has 1 heterocycles. The van der Waals surface area contributed by atoms with Crippen LogP contribution in [0.3, 0.4) is 0 Å². The van der Waals surface area contributed by atoms with Crippen molar-refractivity contribution in [1.29, 1.82) is 0 Å². The average molecular weight is 257 g/mol. The summed E-state index contributed by atoms with van der Waals surface area (Å²) in [6.45, 7) is 7.75. The maximum atomic E-state index is 11.5. The fourth-order valence-electron chi connectivity index (χ4n) is 1.99. The van der Waals surface area contributed by atoms with E-state index in [4.69, 9.17) is 5.11 Å².